The van der Waals surface area contributed by atoms with Gasteiger partial charge in [0.25, 0.3) is 0 Å². The molecule has 0 bridgehead atoms. The number of aliphatic hydroxyl groups is 2. The highest BCUT2D eigenvalue weighted by Crippen LogP contribution is 2.45. The van der Waals surface area contributed by atoms with Gasteiger partial charge >= 0.3 is 5.92 Å². The fourth-order valence-electron chi connectivity index (χ4n) is 4.42. The Kier molecular flexibility index (Phi) is 6.74. The zero-order valence-corrected chi connectivity index (χ0v) is 19.7. The molecule has 1 heterocycles. The van der Waals surface area contributed by atoms with Crippen LogP contribution in [0.3, 0.4) is 0 Å². The number of ether oxygens (including phenoxy) is 1. The largest absolute Gasteiger partial charge is 0.489 e. The summed E-state index contributed by atoms with van der Waals surface area (Å²) in [6, 6.07) is 26.4. The van der Waals surface area contributed by atoms with Crippen molar-refractivity contribution in [1.82, 2.24) is 0 Å². The van der Waals surface area contributed by atoms with E-state index in [0.717, 1.165) is 5.56 Å². The molecule has 37 heavy (non-hydrogen) atoms. The first-order valence-corrected chi connectivity index (χ1v) is 11.8. The predicted molar refractivity (Wildman–Crippen MR) is 137 cm³/mol. The molecule has 0 amide bonds. The first-order chi connectivity index (χ1) is 17.9. The van der Waals surface area contributed by atoms with Crippen LogP contribution in [-0.2, 0) is 17.3 Å². The molecule has 5 nitrogen and oxygen atoms in total. The molecule has 4 aromatic carbocycles. The Hall–Kier alpha value is -4.07. The van der Waals surface area contributed by atoms with E-state index in [2.05, 4.69) is 0 Å². The highest BCUT2D eigenvalue weighted by atomic mass is 19.3. The van der Waals surface area contributed by atoms with Crippen LogP contribution in [-0.4, -0.2) is 28.7 Å². The van der Waals surface area contributed by atoms with Gasteiger partial charge in [-0.3, -0.25) is 4.79 Å². The molecule has 0 aliphatic carbocycles. The van der Waals surface area contributed by atoms with Crippen LogP contribution in [0.1, 0.15) is 17.5 Å². The molecule has 0 aliphatic heterocycles. The molecule has 0 fully saturated rings. The Morgan fingerprint density at radius 3 is 2.49 bits per heavy atom. The van der Waals surface area contributed by atoms with Crippen molar-refractivity contribution in [3.63, 3.8) is 0 Å². The summed E-state index contributed by atoms with van der Waals surface area (Å²) in [5.41, 5.74) is 2.35. The van der Waals surface area contributed by atoms with Crippen molar-refractivity contribution < 1.29 is 32.9 Å². The van der Waals surface area contributed by atoms with E-state index in [9.17, 15) is 9.90 Å². The van der Waals surface area contributed by atoms with Crippen LogP contribution >= 0.6 is 0 Å². The van der Waals surface area contributed by atoms with Crippen LogP contribution in [0.4, 0.5) is 8.78 Å². The molecule has 5 rings (SSSR count). The summed E-state index contributed by atoms with van der Waals surface area (Å²) >= 11 is 0. The first-order valence-electron chi connectivity index (χ1n) is 11.8. The molecule has 0 spiro atoms. The molecule has 188 valence electrons. The lowest BCUT2D eigenvalue weighted by molar-refractivity contribution is -0.154. The van der Waals surface area contributed by atoms with Crippen molar-refractivity contribution >= 4 is 27.7 Å². The maximum absolute atomic E-state index is 15.5. The number of benzene rings is 4. The maximum atomic E-state index is 15.5. The van der Waals surface area contributed by atoms with Crippen LogP contribution in [0.2, 0.25) is 0 Å². The smallest absolute Gasteiger partial charge is 0.306 e. The normalized spacial score (nSPS) is 12.6. The zero-order chi connectivity index (χ0) is 26.0. The summed E-state index contributed by atoms with van der Waals surface area (Å²) in [5.74, 6) is -4.44. The predicted octanol–water partition coefficient (Wildman–Crippen LogP) is 6.24. The average Bonchev–Trinajstić information content (AvgIpc) is 3.31. The number of hydrogen-bond acceptors (Lipinski definition) is 5. The Bertz CT molecular complexity index is 1560. The summed E-state index contributed by atoms with van der Waals surface area (Å²) in [6.07, 6.45) is -3.17. The van der Waals surface area contributed by atoms with Gasteiger partial charge in [-0.25, -0.2) is 0 Å². The summed E-state index contributed by atoms with van der Waals surface area (Å²) in [6.45, 7) is -0.257. The number of carbonyl (C=O) groups excluding carboxylic acids is 1. The third kappa shape index (κ3) is 4.71. The first kappa shape index (κ1) is 24.6. The fourth-order valence-corrected chi connectivity index (χ4v) is 4.42. The van der Waals surface area contributed by atoms with E-state index >= 15 is 8.78 Å². The minimum absolute atomic E-state index is 0.115. The van der Waals surface area contributed by atoms with E-state index < -0.39 is 36.4 Å². The number of para-hydroxylation sites is 1. The van der Waals surface area contributed by atoms with E-state index in [-0.39, 0.29) is 11.0 Å². The second kappa shape index (κ2) is 10.1. The van der Waals surface area contributed by atoms with E-state index in [0.29, 0.717) is 34.5 Å². The van der Waals surface area contributed by atoms with Gasteiger partial charge in [-0.2, -0.15) is 8.78 Å². The van der Waals surface area contributed by atoms with E-state index in [1.807, 2.05) is 54.6 Å². The standard InChI is InChI=1S/C30H24F2O5/c31-30(32,29(35)25(34)15-16-33)24-14-13-22(28-27(24)23-11-4-5-12-26(23)37-28)20-9-6-10-21(17-20)36-18-19-7-2-1-3-8-19/h1-14,17,29,33,35H,15-16,18H2. The van der Waals surface area contributed by atoms with Crippen molar-refractivity contribution in [2.75, 3.05) is 6.61 Å². The maximum Gasteiger partial charge on any atom is 0.306 e. The lowest BCUT2D eigenvalue weighted by Crippen LogP contribution is -2.38. The van der Waals surface area contributed by atoms with E-state index in [1.54, 1.807) is 24.3 Å². The number of Topliss-reactive ketones (excluding diaryl/α,β-unsaturated/α-hetero) is 1. The summed E-state index contributed by atoms with van der Waals surface area (Å²) in [4.78, 5) is 12.1. The van der Waals surface area contributed by atoms with Crippen LogP contribution in [0.25, 0.3) is 33.1 Å². The number of halogens is 2. The van der Waals surface area contributed by atoms with Crippen molar-refractivity contribution in [1.29, 1.82) is 0 Å². The fraction of sp³-hybridized carbons (Fsp3) is 0.167. The number of aliphatic hydroxyl groups excluding tert-OH is 2. The minimum Gasteiger partial charge on any atom is -0.489 e. The number of furan rings is 1. The molecule has 0 saturated carbocycles. The summed E-state index contributed by atoms with van der Waals surface area (Å²) in [7, 11) is 0. The van der Waals surface area contributed by atoms with Gasteiger partial charge in [-0.1, -0.05) is 72.8 Å². The van der Waals surface area contributed by atoms with E-state index in [4.69, 9.17) is 14.3 Å². The highest BCUT2D eigenvalue weighted by Gasteiger charge is 2.46. The number of fused-ring (bicyclic) bond motifs is 3. The van der Waals surface area contributed by atoms with Gasteiger partial charge in [0, 0.05) is 28.3 Å². The average molecular weight is 503 g/mol. The topological polar surface area (TPSA) is 79.9 Å². The molecule has 5 aromatic rings. The number of carbonyl (C=O) groups is 1. The van der Waals surface area contributed by atoms with Crippen LogP contribution in [0, 0.1) is 0 Å². The van der Waals surface area contributed by atoms with Crippen molar-refractivity contribution in [2.24, 2.45) is 0 Å². The van der Waals surface area contributed by atoms with Crippen LogP contribution in [0.5, 0.6) is 5.75 Å². The molecule has 1 unspecified atom stereocenters. The number of rotatable bonds is 9. The summed E-state index contributed by atoms with van der Waals surface area (Å²) < 4.78 is 43.0. The highest BCUT2D eigenvalue weighted by molar-refractivity contribution is 6.11. The van der Waals surface area contributed by atoms with Crippen LogP contribution < -0.4 is 4.74 Å². The Labute approximate surface area is 211 Å². The molecular weight excluding hydrogens is 478 g/mol. The summed E-state index contributed by atoms with van der Waals surface area (Å²) in [5, 5.41) is 19.8. The number of hydrogen-bond donors (Lipinski definition) is 2. The van der Waals surface area contributed by atoms with Crippen LogP contribution in [0.15, 0.2) is 95.4 Å². The second-order valence-corrected chi connectivity index (χ2v) is 8.73. The third-order valence-corrected chi connectivity index (χ3v) is 6.29. The van der Waals surface area contributed by atoms with Gasteiger partial charge in [-0.05, 0) is 29.3 Å². The van der Waals surface area contributed by atoms with Crippen molar-refractivity contribution in [3.8, 4) is 16.9 Å². The van der Waals surface area contributed by atoms with Crippen molar-refractivity contribution in [2.45, 2.75) is 25.1 Å². The van der Waals surface area contributed by atoms with Gasteiger partial charge in [0.1, 0.15) is 23.5 Å². The SMILES string of the molecule is O=C(CCO)C(O)C(F)(F)c1ccc(-c2cccc(OCc3ccccc3)c2)c2oc3ccccc3c12. The Morgan fingerprint density at radius 1 is 0.946 bits per heavy atom. The third-order valence-electron chi connectivity index (χ3n) is 6.29. The van der Waals surface area contributed by atoms with E-state index in [1.165, 1.54) is 12.1 Å². The molecular formula is C30H24F2O5. The number of ketones is 1. The monoisotopic (exact) mass is 502 g/mol. The van der Waals surface area contributed by atoms with Gasteiger partial charge < -0.3 is 19.4 Å². The minimum atomic E-state index is -3.91. The molecule has 2 N–H and O–H groups in total. The lowest BCUT2D eigenvalue weighted by atomic mass is 9.91. The van der Waals surface area contributed by atoms with Gasteiger partial charge in [0.05, 0.1) is 6.61 Å². The van der Waals surface area contributed by atoms with Gasteiger partial charge in [-0.15, -0.1) is 0 Å². The molecule has 0 radical (unpaired) electrons. The Morgan fingerprint density at radius 2 is 1.70 bits per heavy atom. The van der Waals surface area contributed by atoms with Crippen molar-refractivity contribution in [3.05, 3.63) is 102 Å². The molecule has 7 heteroatoms. The molecule has 1 aromatic heterocycles. The van der Waals surface area contributed by atoms with Gasteiger partial charge in [0.15, 0.2) is 11.9 Å². The molecule has 0 aliphatic rings. The molecule has 0 saturated heterocycles. The molecule has 1 atom stereocenters. The Balaban J connectivity index is 1.60. The quantitative estimate of drug-likeness (QED) is 0.250. The number of alkyl halides is 2. The van der Waals surface area contributed by atoms with Gasteiger partial charge in [0.2, 0.25) is 0 Å². The zero-order valence-electron chi connectivity index (χ0n) is 19.7. The lowest BCUT2D eigenvalue weighted by Gasteiger charge is -2.23. The second-order valence-electron chi connectivity index (χ2n) is 8.73.